The number of carbonyl (C=O) groups excluding carboxylic acids is 2. The number of hydrogen-bond donors (Lipinski definition) is 1. The van der Waals surface area contributed by atoms with Gasteiger partial charge in [-0.15, -0.1) is 0 Å². The summed E-state index contributed by atoms with van der Waals surface area (Å²) in [6, 6.07) is 13.9. The Balaban J connectivity index is 2.31. The molecule has 2 rings (SSSR count). The number of para-hydroxylation sites is 1. The van der Waals surface area contributed by atoms with Gasteiger partial charge in [-0.1, -0.05) is 49.4 Å². The average molecular weight is 478 g/mol. The normalized spacial score (nSPS) is 13.1. The molecule has 0 saturated heterocycles. The molecule has 0 aromatic heterocycles. The van der Waals surface area contributed by atoms with Crippen molar-refractivity contribution in [3.63, 3.8) is 0 Å². The maximum atomic E-state index is 14.4. The van der Waals surface area contributed by atoms with Crippen molar-refractivity contribution in [2.75, 3.05) is 23.7 Å². The highest BCUT2D eigenvalue weighted by molar-refractivity contribution is 7.92. The van der Waals surface area contributed by atoms with Crippen molar-refractivity contribution in [3.05, 3.63) is 66.0 Å². The summed E-state index contributed by atoms with van der Waals surface area (Å²) in [5, 5.41) is 2.86. The van der Waals surface area contributed by atoms with Gasteiger partial charge < -0.3 is 10.2 Å². The topological polar surface area (TPSA) is 86.8 Å². The van der Waals surface area contributed by atoms with E-state index in [0.717, 1.165) is 28.6 Å². The molecule has 2 atom stereocenters. The molecule has 2 aromatic carbocycles. The fraction of sp³-hybridized carbons (Fsp3) is 0.417. The highest BCUT2D eigenvalue weighted by Crippen LogP contribution is 2.22. The maximum absolute atomic E-state index is 14.4. The summed E-state index contributed by atoms with van der Waals surface area (Å²) >= 11 is 0. The summed E-state index contributed by atoms with van der Waals surface area (Å²) in [6.07, 6.45) is 2.12. The van der Waals surface area contributed by atoms with Gasteiger partial charge in [0.25, 0.3) is 0 Å². The van der Waals surface area contributed by atoms with E-state index in [0.29, 0.717) is 6.42 Å². The summed E-state index contributed by atoms with van der Waals surface area (Å²) in [4.78, 5) is 27.5. The lowest BCUT2D eigenvalue weighted by Gasteiger charge is -2.32. The summed E-state index contributed by atoms with van der Waals surface area (Å²) in [7, 11) is -3.96. The van der Waals surface area contributed by atoms with Crippen LogP contribution in [0.3, 0.4) is 0 Å². The summed E-state index contributed by atoms with van der Waals surface area (Å²) in [5.74, 6) is -1.68. The molecule has 0 saturated carbocycles. The summed E-state index contributed by atoms with van der Waals surface area (Å²) < 4.78 is 39.9. The van der Waals surface area contributed by atoms with Gasteiger partial charge in [-0.2, -0.15) is 0 Å². The molecule has 1 N–H and O–H groups in total. The minimum Gasteiger partial charge on any atom is -0.352 e. The Morgan fingerprint density at radius 3 is 2.21 bits per heavy atom. The molecule has 2 amide bonds. The van der Waals surface area contributed by atoms with Crippen molar-refractivity contribution in [1.29, 1.82) is 0 Å². The third kappa shape index (κ3) is 7.56. The van der Waals surface area contributed by atoms with Crippen LogP contribution in [-0.4, -0.2) is 56.6 Å². The average Bonchev–Trinajstić information content (AvgIpc) is 2.77. The molecular weight excluding hydrogens is 445 g/mol. The van der Waals surface area contributed by atoms with Crippen LogP contribution in [0.1, 0.15) is 32.8 Å². The minimum absolute atomic E-state index is 0.0723. The molecule has 9 heteroatoms. The van der Waals surface area contributed by atoms with Crippen molar-refractivity contribution in [2.45, 2.75) is 45.7 Å². The predicted molar refractivity (Wildman–Crippen MR) is 128 cm³/mol. The van der Waals surface area contributed by atoms with Gasteiger partial charge in [0.1, 0.15) is 18.4 Å². The molecule has 2 aromatic rings. The predicted octanol–water partition coefficient (Wildman–Crippen LogP) is 2.97. The van der Waals surface area contributed by atoms with Crippen LogP contribution >= 0.6 is 0 Å². The van der Waals surface area contributed by atoms with Crippen LogP contribution in [0.4, 0.5) is 10.1 Å². The Labute approximate surface area is 195 Å². The van der Waals surface area contributed by atoms with E-state index in [-0.39, 0.29) is 24.2 Å². The fourth-order valence-corrected chi connectivity index (χ4v) is 4.13. The standard InChI is InChI=1S/C24H32FN3O4S/c1-5-18(2)26-24(30)19(3)27(16-15-20-11-7-6-8-12-20)23(29)17-28(33(4,31)32)22-14-10-9-13-21(22)25/h6-14,18-19H,5,15-17H2,1-4H3,(H,26,30)/t18-,19+/m1/s1. The number of nitrogens with zero attached hydrogens (tertiary/aromatic N) is 2. The first-order valence-corrected chi connectivity index (χ1v) is 12.8. The SMILES string of the molecule is CC[C@@H](C)NC(=O)[C@H](C)N(CCc1ccccc1)C(=O)CN(c1ccccc1F)S(C)(=O)=O. The first-order chi connectivity index (χ1) is 15.5. The third-order valence-corrected chi connectivity index (χ3v) is 6.58. The molecule has 180 valence electrons. The van der Waals surface area contributed by atoms with Crippen LogP contribution in [-0.2, 0) is 26.0 Å². The molecule has 0 fully saturated rings. The number of amides is 2. The minimum atomic E-state index is -3.96. The van der Waals surface area contributed by atoms with E-state index in [2.05, 4.69) is 5.32 Å². The first kappa shape index (κ1) is 26.3. The summed E-state index contributed by atoms with van der Waals surface area (Å²) in [5.41, 5.74) is 0.756. The van der Waals surface area contributed by atoms with Gasteiger partial charge >= 0.3 is 0 Å². The zero-order valence-corrected chi connectivity index (χ0v) is 20.3. The highest BCUT2D eigenvalue weighted by atomic mass is 32.2. The lowest BCUT2D eigenvalue weighted by Crippen LogP contribution is -2.53. The van der Waals surface area contributed by atoms with Gasteiger partial charge in [0.2, 0.25) is 21.8 Å². The lowest BCUT2D eigenvalue weighted by molar-refractivity contribution is -0.139. The van der Waals surface area contributed by atoms with Gasteiger partial charge in [0.15, 0.2) is 0 Å². The van der Waals surface area contributed by atoms with Crippen LogP contribution in [0.2, 0.25) is 0 Å². The molecule has 0 heterocycles. The second-order valence-electron chi connectivity index (χ2n) is 8.04. The van der Waals surface area contributed by atoms with Crippen LogP contribution in [0.5, 0.6) is 0 Å². The van der Waals surface area contributed by atoms with Gasteiger partial charge in [-0.25, -0.2) is 12.8 Å². The Bertz CT molecular complexity index is 1050. The second-order valence-corrected chi connectivity index (χ2v) is 9.94. The van der Waals surface area contributed by atoms with Crippen LogP contribution in [0.25, 0.3) is 0 Å². The quantitative estimate of drug-likeness (QED) is 0.539. The van der Waals surface area contributed by atoms with Crippen LogP contribution in [0.15, 0.2) is 54.6 Å². The number of rotatable bonds is 11. The monoisotopic (exact) mass is 477 g/mol. The fourth-order valence-electron chi connectivity index (χ4n) is 3.28. The number of halogens is 1. The molecule has 0 spiro atoms. The summed E-state index contributed by atoms with van der Waals surface area (Å²) in [6.45, 7) is 4.99. The third-order valence-electron chi connectivity index (χ3n) is 5.45. The Morgan fingerprint density at radius 2 is 1.64 bits per heavy atom. The van der Waals surface area contributed by atoms with Crippen molar-refractivity contribution in [1.82, 2.24) is 10.2 Å². The molecule has 0 radical (unpaired) electrons. The van der Waals surface area contributed by atoms with Crippen molar-refractivity contribution in [2.24, 2.45) is 0 Å². The number of benzene rings is 2. The number of sulfonamides is 1. The number of anilines is 1. The molecule has 0 aliphatic carbocycles. The van der Waals surface area contributed by atoms with Crippen LogP contribution < -0.4 is 9.62 Å². The lowest BCUT2D eigenvalue weighted by atomic mass is 10.1. The van der Waals surface area contributed by atoms with Gasteiger partial charge in [0.05, 0.1) is 11.9 Å². The Hall–Kier alpha value is -2.94. The first-order valence-electron chi connectivity index (χ1n) is 10.9. The Morgan fingerprint density at radius 1 is 1.03 bits per heavy atom. The smallest absolute Gasteiger partial charge is 0.244 e. The zero-order chi connectivity index (χ0) is 24.6. The molecule has 0 aliphatic rings. The van der Waals surface area contributed by atoms with E-state index >= 15 is 0 Å². The largest absolute Gasteiger partial charge is 0.352 e. The molecule has 0 aliphatic heterocycles. The molecule has 7 nitrogen and oxygen atoms in total. The van der Waals surface area contributed by atoms with E-state index in [1.54, 1.807) is 6.92 Å². The van der Waals surface area contributed by atoms with E-state index in [4.69, 9.17) is 0 Å². The van der Waals surface area contributed by atoms with E-state index < -0.39 is 34.3 Å². The van der Waals surface area contributed by atoms with Crippen LogP contribution in [0, 0.1) is 5.82 Å². The van der Waals surface area contributed by atoms with Gasteiger partial charge in [-0.05, 0) is 44.4 Å². The molecule has 33 heavy (non-hydrogen) atoms. The molecule has 0 bridgehead atoms. The van der Waals surface area contributed by atoms with Gasteiger partial charge in [-0.3, -0.25) is 13.9 Å². The Kier molecular flexibility index (Phi) is 9.40. The number of hydrogen-bond acceptors (Lipinski definition) is 4. The highest BCUT2D eigenvalue weighted by Gasteiger charge is 2.30. The van der Waals surface area contributed by atoms with E-state index in [1.807, 2.05) is 44.2 Å². The van der Waals surface area contributed by atoms with E-state index in [1.165, 1.54) is 23.1 Å². The number of carbonyl (C=O) groups is 2. The maximum Gasteiger partial charge on any atom is 0.244 e. The zero-order valence-electron chi connectivity index (χ0n) is 19.5. The van der Waals surface area contributed by atoms with E-state index in [9.17, 15) is 22.4 Å². The van der Waals surface area contributed by atoms with Crippen molar-refractivity contribution in [3.8, 4) is 0 Å². The van der Waals surface area contributed by atoms with Gasteiger partial charge in [0, 0.05) is 12.6 Å². The van der Waals surface area contributed by atoms with Crippen molar-refractivity contribution >= 4 is 27.5 Å². The molecule has 0 unspecified atom stereocenters. The van der Waals surface area contributed by atoms with Crippen molar-refractivity contribution < 1.29 is 22.4 Å². The molecular formula is C24H32FN3O4S. The number of nitrogens with one attached hydrogen (secondary N) is 1. The second kappa shape index (κ2) is 11.8.